The molecule has 0 aliphatic carbocycles. The van der Waals surface area contributed by atoms with Gasteiger partial charge in [0.05, 0.1) is 15.8 Å². The van der Waals surface area contributed by atoms with Gasteiger partial charge in [-0.25, -0.2) is 4.98 Å². The number of nitrogens with zero attached hydrogens (tertiary/aromatic N) is 1. The lowest BCUT2D eigenvalue weighted by Gasteiger charge is -2.26. The van der Waals surface area contributed by atoms with E-state index < -0.39 is 0 Å². The Morgan fingerprint density at radius 3 is 3.00 bits per heavy atom. The van der Waals surface area contributed by atoms with E-state index in [9.17, 15) is 0 Å². The first kappa shape index (κ1) is 11.2. The molecule has 1 N–H and O–H groups in total. The van der Waals surface area contributed by atoms with Gasteiger partial charge in [0.25, 0.3) is 0 Å². The van der Waals surface area contributed by atoms with Crippen molar-refractivity contribution in [3.8, 4) is 0 Å². The first-order chi connectivity index (χ1) is 8.34. The highest BCUT2D eigenvalue weighted by Crippen LogP contribution is 2.39. The Hall–Kier alpha value is -0.930. The number of para-hydroxylation sites is 1. The van der Waals surface area contributed by atoms with Crippen LogP contribution in [-0.2, 0) is 5.54 Å². The fourth-order valence-electron chi connectivity index (χ4n) is 2.81. The fourth-order valence-corrected chi connectivity index (χ4v) is 4.00. The fraction of sp³-hybridized carbons (Fsp3) is 0.500. The van der Waals surface area contributed by atoms with E-state index in [1.54, 1.807) is 0 Å². The normalized spacial score (nSPS) is 24.5. The number of aromatic nitrogens is 1. The zero-order valence-corrected chi connectivity index (χ0v) is 11.0. The Balaban J connectivity index is 2.05. The molecule has 1 atom stereocenters. The standard InChI is InChI=1S/C14H18N2S/c1-2-8-14(9-5-10-15-14)13-16-11-6-3-4-7-12(11)17-13/h3-4,6-7,15H,2,5,8-10H2,1H3. The van der Waals surface area contributed by atoms with Crippen LogP contribution in [0.25, 0.3) is 10.2 Å². The smallest absolute Gasteiger partial charge is 0.114 e. The molecule has 3 rings (SSSR count). The van der Waals surface area contributed by atoms with Crippen LogP contribution in [0.15, 0.2) is 24.3 Å². The molecule has 17 heavy (non-hydrogen) atoms. The molecule has 1 aromatic heterocycles. The molecule has 2 aromatic rings. The van der Waals surface area contributed by atoms with Crippen molar-refractivity contribution in [2.24, 2.45) is 0 Å². The van der Waals surface area contributed by atoms with Crippen LogP contribution in [0.5, 0.6) is 0 Å². The summed E-state index contributed by atoms with van der Waals surface area (Å²) in [6, 6.07) is 8.45. The third-order valence-corrected chi connectivity index (χ3v) is 4.86. The summed E-state index contributed by atoms with van der Waals surface area (Å²) in [6.07, 6.45) is 4.92. The number of thiazole rings is 1. The second-order valence-corrected chi connectivity index (χ2v) is 5.88. The number of nitrogens with one attached hydrogen (secondary N) is 1. The van der Waals surface area contributed by atoms with Crippen LogP contribution < -0.4 is 5.32 Å². The van der Waals surface area contributed by atoms with Crippen molar-refractivity contribution >= 4 is 21.6 Å². The zero-order valence-electron chi connectivity index (χ0n) is 10.2. The molecule has 2 heterocycles. The van der Waals surface area contributed by atoms with Gasteiger partial charge in [-0.15, -0.1) is 11.3 Å². The van der Waals surface area contributed by atoms with Gasteiger partial charge in [-0.1, -0.05) is 25.5 Å². The van der Waals surface area contributed by atoms with Crippen LogP contribution in [-0.4, -0.2) is 11.5 Å². The highest BCUT2D eigenvalue weighted by molar-refractivity contribution is 7.18. The van der Waals surface area contributed by atoms with Crippen LogP contribution >= 0.6 is 11.3 Å². The summed E-state index contributed by atoms with van der Waals surface area (Å²) in [4.78, 5) is 4.84. The van der Waals surface area contributed by atoms with E-state index in [2.05, 4.69) is 36.5 Å². The van der Waals surface area contributed by atoms with Crippen molar-refractivity contribution in [3.63, 3.8) is 0 Å². The molecule has 1 saturated heterocycles. The number of hydrogen-bond acceptors (Lipinski definition) is 3. The van der Waals surface area contributed by atoms with E-state index >= 15 is 0 Å². The van der Waals surface area contributed by atoms with Crippen molar-refractivity contribution in [1.82, 2.24) is 10.3 Å². The average Bonchev–Trinajstić information content (AvgIpc) is 2.95. The molecule has 0 bridgehead atoms. The minimum atomic E-state index is 0.165. The van der Waals surface area contributed by atoms with E-state index in [0.29, 0.717) is 0 Å². The molecule has 0 spiro atoms. The highest BCUT2D eigenvalue weighted by atomic mass is 32.1. The summed E-state index contributed by atoms with van der Waals surface area (Å²) in [7, 11) is 0. The molecule has 0 amide bonds. The summed E-state index contributed by atoms with van der Waals surface area (Å²) in [5, 5.41) is 4.99. The molecular formula is C14H18N2S. The molecule has 1 unspecified atom stereocenters. The molecule has 0 saturated carbocycles. The summed E-state index contributed by atoms with van der Waals surface area (Å²) >= 11 is 1.86. The monoisotopic (exact) mass is 246 g/mol. The van der Waals surface area contributed by atoms with Gasteiger partial charge in [-0.3, -0.25) is 0 Å². The van der Waals surface area contributed by atoms with E-state index in [4.69, 9.17) is 4.98 Å². The van der Waals surface area contributed by atoms with E-state index in [-0.39, 0.29) is 5.54 Å². The van der Waals surface area contributed by atoms with Crippen LogP contribution in [0.2, 0.25) is 0 Å². The molecule has 1 aromatic carbocycles. The van der Waals surface area contributed by atoms with Gasteiger partial charge in [-0.05, 0) is 37.9 Å². The van der Waals surface area contributed by atoms with Crippen LogP contribution in [0.3, 0.4) is 0 Å². The maximum atomic E-state index is 4.84. The van der Waals surface area contributed by atoms with Gasteiger partial charge in [-0.2, -0.15) is 0 Å². The molecule has 90 valence electrons. The van der Waals surface area contributed by atoms with Gasteiger partial charge in [0.2, 0.25) is 0 Å². The minimum Gasteiger partial charge on any atom is -0.305 e. The Labute approximate surface area is 106 Å². The van der Waals surface area contributed by atoms with Gasteiger partial charge < -0.3 is 5.32 Å². The number of fused-ring (bicyclic) bond motifs is 1. The molecule has 1 fully saturated rings. The summed E-state index contributed by atoms with van der Waals surface area (Å²) in [6.45, 7) is 3.39. The second kappa shape index (κ2) is 4.39. The van der Waals surface area contributed by atoms with Gasteiger partial charge in [0.1, 0.15) is 5.01 Å². The van der Waals surface area contributed by atoms with Crippen LogP contribution in [0.4, 0.5) is 0 Å². The molecule has 3 heteroatoms. The predicted molar refractivity (Wildman–Crippen MR) is 73.4 cm³/mol. The Morgan fingerprint density at radius 1 is 1.41 bits per heavy atom. The molecule has 0 radical (unpaired) electrons. The second-order valence-electron chi connectivity index (χ2n) is 4.85. The lowest BCUT2D eigenvalue weighted by atomic mass is 9.93. The first-order valence-electron chi connectivity index (χ1n) is 6.45. The number of hydrogen-bond donors (Lipinski definition) is 1. The van der Waals surface area contributed by atoms with Gasteiger partial charge in [0, 0.05) is 0 Å². The zero-order chi connectivity index (χ0) is 11.7. The largest absolute Gasteiger partial charge is 0.305 e. The summed E-state index contributed by atoms with van der Waals surface area (Å²) in [5.74, 6) is 0. The Morgan fingerprint density at radius 2 is 2.29 bits per heavy atom. The topological polar surface area (TPSA) is 24.9 Å². The predicted octanol–water partition coefficient (Wildman–Crippen LogP) is 3.68. The molecule has 1 aliphatic rings. The number of benzene rings is 1. The maximum absolute atomic E-state index is 4.84. The quantitative estimate of drug-likeness (QED) is 0.893. The highest BCUT2D eigenvalue weighted by Gasteiger charge is 2.37. The van der Waals surface area contributed by atoms with E-state index in [0.717, 1.165) is 12.1 Å². The third kappa shape index (κ3) is 1.87. The minimum absolute atomic E-state index is 0.165. The lowest BCUT2D eigenvalue weighted by molar-refractivity contribution is 0.355. The van der Waals surface area contributed by atoms with E-state index in [1.165, 1.54) is 35.4 Å². The van der Waals surface area contributed by atoms with Crippen molar-refractivity contribution < 1.29 is 0 Å². The Bertz CT molecular complexity index is 479. The van der Waals surface area contributed by atoms with Crippen LogP contribution in [0.1, 0.15) is 37.6 Å². The Kier molecular flexibility index (Phi) is 2.89. The van der Waals surface area contributed by atoms with Crippen molar-refractivity contribution in [1.29, 1.82) is 0 Å². The molecule has 1 aliphatic heterocycles. The van der Waals surface area contributed by atoms with Gasteiger partial charge in [0.15, 0.2) is 0 Å². The molecular weight excluding hydrogens is 228 g/mol. The van der Waals surface area contributed by atoms with Gasteiger partial charge >= 0.3 is 0 Å². The average molecular weight is 246 g/mol. The van der Waals surface area contributed by atoms with Crippen molar-refractivity contribution in [3.05, 3.63) is 29.3 Å². The maximum Gasteiger partial charge on any atom is 0.114 e. The lowest BCUT2D eigenvalue weighted by Crippen LogP contribution is -2.36. The summed E-state index contributed by atoms with van der Waals surface area (Å²) in [5.41, 5.74) is 1.31. The molecule has 2 nitrogen and oxygen atoms in total. The third-order valence-electron chi connectivity index (χ3n) is 3.62. The van der Waals surface area contributed by atoms with E-state index in [1.807, 2.05) is 11.3 Å². The summed E-state index contributed by atoms with van der Waals surface area (Å²) < 4.78 is 1.31. The number of rotatable bonds is 3. The first-order valence-corrected chi connectivity index (χ1v) is 7.27. The van der Waals surface area contributed by atoms with Crippen molar-refractivity contribution in [2.45, 2.75) is 38.1 Å². The SMILES string of the molecule is CCCC1(c2nc3ccccc3s2)CCCN1. The van der Waals surface area contributed by atoms with Crippen LogP contribution in [0, 0.1) is 0 Å². The van der Waals surface area contributed by atoms with Crippen molar-refractivity contribution in [2.75, 3.05) is 6.54 Å².